The summed E-state index contributed by atoms with van der Waals surface area (Å²) in [6.07, 6.45) is 1.10. The molecule has 8 heteroatoms. The van der Waals surface area contributed by atoms with Gasteiger partial charge in [0.2, 0.25) is 21.8 Å². The van der Waals surface area contributed by atoms with Gasteiger partial charge in [-0.15, -0.1) is 0 Å². The summed E-state index contributed by atoms with van der Waals surface area (Å²) in [5, 5.41) is 2.62. The lowest BCUT2D eigenvalue weighted by molar-refractivity contribution is -0.118. The van der Waals surface area contributed by atoms with Crippen LogP contribution in [-0.2, 0) is 19.6 Å². The van der Waals surface area contributed by atoms with Crippen molar-refractivity contribution in [2.24, 2.45) is 0 Å². The molecule has 2 aromatic rings. The molecule has 0 atom stereocenters. The first-order valence-electron chi connectivity index (χ1n) is 8.35. The zero-order valence-corrected chi connectivity index (χ0v) is 16.4. The van der Waals surface area contributed by atoms with E-state index in [1.54, 1.807) is 31.3 Å². The Hall–Kier alpha value is -2.87. The van der Waals surface area contributed by atoms with E-state index >= 15 is 0 Å². The third-order valence-corrected chi connectivity index (χ3v) is 5.10. The molecule has 27 heavy (non-hydrogen) atoms. The molecule has 7 nitrogen and oxygen atoms in total. The Bertz CT molecular complexity index is 914. The van der Waals surface area contributed by atoms with Gasteiger partial charge in [0.1, 0.15) is 0 Å². The Morgan fingerprint density at radius 2 is 1.63 bits per heavy atom. The van der Waals surface area contributed by atoms with E-state index in [9.17, 15) is 18.0 Å². The number of sulfonamides is 1. The van der Waals surface area contributed by atoms with Gasteiger partial charge in [-0.2, -0.15) is 0 Å². The predicted octanol–water partition coefficient (Wildman–Crippen LogP) is 2.46. The molecule has 0 aliphatic heterocycles. The number of benzene rings is 2. The van der Waals surface area contributed by atoms with E-state index in [1.165, 1.54) is 11.8 Å². The fraction of sp³-hybridized carbons (Fsp3) is 0.263. The third-order valence-electron chi connectivity index (χ3n) is 3.90. The Morgan fingerprint density at radius 1 is 1.00 bits per heavy atom. The van der Waals surface area contributed by atoms with Crippen LogP contribution < -0.4 is 14.5 Å². The van der Waals surface area contributed by atoms with Crippen LogP contribution >= 0.6 is 0 Å². The van der Waals surface area contributed by atoms with Crippen molar-refractivity contribution in [3.05, 3.63) is 54.6 Å². The Kier molecular flexibility index (Phi) is 6.57. The summed E-state index contributed by atoms with van der Waals surface area (Å²) >= 11 is 0. The number of carbonyl (C=O) groups excluding carboxylic acids is 2. The van der Waals surface area contributed by atoms with Gasteiger partial charge in [-0.05, 0) is 30.3 Å². The number of anilines is 3. The van der Waals surface area contributed by atoms with Crippen LogP contribution in [-0.4, -0.2) is 40.1 Å². The lowest BCUT2D eigenvalue weighted by Crippen LogP contribution is -2.35. The zero-order valence-electron chi connectivity index (χ0n) is 15.5. The van der Waals surface area contributed by atoms with E-state index in [0.29, 0.717) is 11.4 Å². The van der Waals surface area contributed by atoms with Crippen molar-refractivity contribution in [2.45, 2.75) is 13.3 Å². The maximum atomic E-state index is 12.5. The van der Waals surface area contributed by atoms with Crippen molar-refractivity contribution in [1.82, 2.24) is 0 Å². The second kappa shape index (κ2) is 8.68. The maximum absolute atomic E-state index is 12.5. The first-order chi connectivity index (χ1) is 12.7. The molecule has 0 spiro atoms. The van der Waals surface area contributed by atoms with Gasteiger partial charge in [0.15, 0.2) is 0 Å². The molecule has 2 amide bonds. The summed E-state index contributed by atoms with van der Waals surface area (Å²) in [4.78, 5) is 25.2. The molecule has 0 fully saturated rings. The fourth-order valence-electron chi connectivity index (χ4n) is 2.59. The molecule has 0 aromatic heterocycles. The first kappa shape index (κ1) is 20.4. The minimum absolute atomic E-state index is 0.00162. The molecule has 144 valence electrons. The summed E-state index contributed by atoms with van der Waals surface area (Å²) in [6.45, 7) is 1.37. The summed E-state index contributed by atoms with van der Waals surface area (Å²) in [7, 11) is -1.95. The summed E-state index contributed by atoms with van der Waals surface area (Å²) < 4.78 is 25.6. The van der Waals surface area contributed by atoms with Crippen molar-refractivity contribution in [3.63, 3.8) is 0 Å². The quantitative estimate of drug-likeness (QED) is 0.788. The summed E-state index contributed by atoms with van der Waals surface area (Å²) in [5.41, 5.74) is 1.61. The molecule has 0 heterocycles. The smallest absolute Gasteiger partial charge is 0.232 e. The molecule has 2 rings (SSSR count). The van der Waals surface area contributed by atoms with Crippen LogP contribution in [0.3, 0.4) is 0 Å². The second-order valence-electron chi connectivity index (χ2n) is 6.10. The minimum Gasteiger partial charge on any atom is -0.326 e. The van der Waals surface area contributed by atoms with Crippen molar-refractivity contribution in [2.75, 3.05) is 34.4 Å². The lowest BCUT2D eigenvalue weighted by atomic mass is 10.2. The van der Waals surface area contributed by atoms with Crippen LogP contribution in [0.5, 0.6) is 0 Å². The Labute approximate surface area is 159 Å². The third kappa shape index (κ3) is 5.82. The first-order valence-corrected chi connectivity index (χ1v) is 10.2. The van der Waals surface area contributed by atoms with Crippen LogP contribution in [0.1, 0.15) is 13.3 Å². The second-order valence-corrected chi connectivity index (χ2v) is 8.01. The van der Waals surface area contributed by atoms with Crippen LogP contribution in [0.4, 0.5) is 17.1 Å². The van der Waals surface area contributed by atoms with Gasteiger partial charge < -0.3 is 10.2 Å². The number of carbonyl (C=O) groups is 2. The van der Waals surface area contributed by atoms with E-state index in [2.05, 4.69) is 5.32 Å². The van der Waals surface area contributed by atoms with Gasteiger partial charge in [-0.25, -0.2) is 8.42 Å². The van der Waals surface area contributed by atoms with Gasteiger partial charge in [-0.3, -0.25) is 13.9 Å². The predicted molar refractivity (Wildman–Crippen MR) is 107 cm³/mol. The van der Waals surface area contributed by atoms with Gasteiger partial charge in [0, 0.05) is 38.3 Å². The van der Waals surface area contributed by atoms with Crippen molar-refractivity contribution in [3.8, 4) is 0 Å². The normalized spacial score (nSPS) is 10.9. The van der Waals surface area contributed by atoms with E-state index in [4.69, 9.17) is 0 Å². The highest BCUT2D eigenvalue weighted by Crippen LogP contribution is 2.22. The molecule has 2 aromatic carbocycles. The summed E-state index contributed by atoms with van der Waals surface area (Å²) in [6, 6.07) is 15.6. The topological polar surface area (TPSA) is 86.8 Å². The van der Waals surface area contributed by atoms with Crippen molar-refractivity contribution in [1.29, 1.82) is 0 Å². The van der Waals surface area contributed by atoms with Crippen LogP contribution in [0.15, 0.2) is 54.6 Å². The number of amides is 2. The highest BCUT2D eigenvalue weighted by Gasteiger charge is 2.20. The van der Waals surface area contributed by atoms with E-state index < -0.39 is 10.0 Å². The average molecular weight is 389 g/mol. The van der Waals surface area contributed by atoms with Gasteiger partial charge in [-0.1, -0.05) is 24.3 Å². The number of nitrogens with one attached hydrogen (secondary N) is 1. The molecule has 0 bridgehead atoms. The Balaban J connectivity index is 2.16. The molecule has 0 radical (unpaired) electrons. The number of hydrogen-bond donors (Lipinski definition) is 1. The molecule has 0 aliphatic rings. The Morgan fingerprint density at radius 3 is 2.22 bits per heavy atom. The van der Waals surface area contributed by atoms with E-state index in [-0.39, 0.29) is 24.8 Å². The molecular weight excluding hydrogens is 366 g/mol. The van der Waals surface area contributed by atoms with Gasteiger partial charge in [0.25, 0.3) is 0 Å². The minimum atomic E-state index is -3.60. The number of para-hydroxylation sites is 1. The number of rotatable bonds is 7. The van der Waals surface area contributed by atoms with Crippen molar-refractivity contribution < 1.29 is 18.0 Å². The standard InChI is InChI=1S/C19H23N3O4S/c1-15(23)20-16-8-7-11-18(14-16)22(27(3,25)26)13-12-19(24)21(2)17-9-5-4-6-10-17/h4-11,14H,12-13H2,1-3H3,(H,20,23). The molecular formula is C19H23N3O4S. The zero-order chi connectivity index (χ0) is 20.0. The van der Waals surface area contributed by atoms with Gasteiger partial charge >= 0.3 is 0 Å². The number of hydrogen-bond acceptors (Lipinski definition) is 4. The summed E-state index contributed by atoms with van der Waals surface area (Å²) in [5.74, 6) is -0.453. The van der Waals surface area contributed by atoms with Crippen LogP contribution in [0.2, 0.25) is 0 Å². The van der Waals surface area contributed by atoms with Crippen molar-refractivity contribution >= 4 is 38.9 Å². The van der Waals surface area contributed by atoms with E-state index in [1.807, 2.05) is 30.3 Å². The SMILES string of the molecule is CC(=O)Nc1cccc(N(CCC(=O)N(C)c2ccccc2)S(C)(=O)=O)c1. The maximum Gasteiger partial charge on any atom is 0.232 e. The molecule has 1 N–H and O–H groups in total. The van der Waals surface area contributed by atoms with Gasteiger partial charge in [0.05, 0.1) is 11.9 Å². The highest BCUT2D eigenvalue weighted by molar-refractivity contribution is 7.92. The molecule has 0 aliphatic carbocycles. The van der Waals surface area contributed by atoms with E-state index in [0.717, 1.165) is 16.2 Å². The number of nitrogens with zero attached hydrogens (tertiary/aromatic N) is 2. The average Bonchev–Trinajstić information content (AvgIpc) is 2.60. The van der Waals surface area contributed by atoms with Crippen LogP contribution in [0.25, 0.3) is 0 Å². The lowest BCUT2D eigenvalue weighted by Gasteiger charge is -2.24. The molecule has 0 saturated carbocycles. The largest absolute Gasteiger partial charge is 0.326 e. The fourth-order valence-corrected chi connectivity index (χ4v) is 3.51. The monoisotopic (exact) mass is 389 g/mol. The van der Waals surface area contributed by atoms with Crippen LogP contribution in [0, 0.1) is 0 Å². The highest BCUT2D eigenvalue weighted by atomic mass is 32.2. The molecule has 0 unspecified atom stereocenters. The molecule has 0 saturated heterocycles.